The number of aromatic carboxylic acids is 1. The molecule has 0 amide bonds. The van der Waals surface area contributed by atoms with Gasteiger partial charge in [-0.15, -0.1) is 0 Å². The molecular formula is C12H11ClN2O3. The maximum atomic E-state index is 11.2. The number of H-pyrrole nitrogens is 1. The first-order chi connectivity index (χ1) is 8.54. The van der Waals surface area contributed by atoms with Gasteiger partial charge in [0.1, 0.15) is 11.3 Å². The number of nitrogen functional groups attached to an aromatic ring is 1. The third-order valence-corrected chi connectivity index (χ3v) is 2.79. The molecule has 0 saturated heterocycles. The van der Waals surface area contributed by atoms with Crippen LogP contribution in [0, 0.1) is 0 Å². The molecule has 2 rings (SSSR count). The first-order valence-corrected chi connectivity index (χ1v) is 5.46. The molecule has 1 heterocycles. The third kappa shape index (κ3) is 2.00. The van der Waals surface area contributed by atoms with Gasteiger partial charge in [-0.1, -0.05) is 11.6 Å². The molecule has 0 aliphatic carbocycles. The molecule has 2 aromatic rings. The largest absolute Gasteiger partial charge is 0.496 e. The minimum absolute atomic E-state index is 0.00978. The van der Waals surface area contributed by atoms with E-state index in [1.807, 2.05) is 0 Å². The van der Waals surface area contributed by atoms with Crippen molar-refractivity contribution in [3.05, 3.63) is 35.0 Å². The first-order valence-electron chi connectivity index (χ1n) is 5.08. The number of aromatic amines is 1. The molecule has 0 spiro atoms. The van der Waals surface area contributed by atoms with Gasteiger partial charge in [0, 0.05) is 16.8 Å². The number of aromatic nitrogens is 1. The predicted molar refractivity (Wildman–Crippen MR) is 69.2 cm³/mol. The lowest BCUT2D eigenvalue weighted by Gasteiger charge is -2.08. The molecule has 0 saturated carbocycles. The Bertz CT molecular complexity index is 607. The summed E-state index contributed by atoms with van der Waals surface area (Å²) in [6.07, 6.45) is 1.43. The molecule has 6 heteroatoms. The first kappa shape index (κ1) is 12.3. The summed E-state index contributed by atoms with van der Waals surface area (Å²) in [5.74, 6) is -0.588. The predicted octanol–water partition coefficient (Wildman–Crippen LogP) is 2.62. The molecule has 0 aliphatic heterocycles. The van der Waals surface area contributed by atoms with Crippen LogP contribution in [0.5, 0.6) is 5.75 Å². The number of ether oxygens (including phenoxy) is 1. The zero-order chi connectivity index (χ0) is 13.3. The molecule has 0 bridgehead atoms. The highest BCUT2D eigenvalue weighted by Gasteiger charge is 2.20. The lowest BCUT2D eigenvalue weighted by molar-refractivity contribution is 0.0699. The smallest absolute Gasteiger partial charge is 0.340 e. The number of benzene rings is 1. The van der Waals surface area contributed by atoms with Crippen LogP contribution in [0.3, 0.4) is 0 Å². The number of nitrogens with one attached hydrogen (secondary N) is 1. The van der Waals surface area contributed by atoms with E-state index >= 15 is 0 Å². The Morgan fingerprint density at radius 2 is 2.22 bits per heavy atom. The molecule has 1 aromatic carbocycles. The van der Waals surface area contributed by atoms with Crippen LogP contribution in [0.15, 0.2) is 24.4 Å². The second kappa shape index (κ2) is 4.62. The molecule has 5 nitrogen and oxygen atoms in total. The Hall–Kier alpha value is -2.14. The molecule has 1 aromatic heterocycles. The van der Waals surface area contributed by atoms with E-state index in [0.717, 1.165) is 0 Å². The summed E-state index contributed by atoms with van der Waals surface area (Å²) in [5, 5.41) is 9.64. The van der Waals surface area contributed by atoms with E-state index < -0.39 is 5.97 Å². The summed E-state index contributed by atoms with van der Waals surface area (Å²) in [6.45, 7) is 0. The van der Waals surface area contributed by atoms with Crippen molar-refractivity contribution in [2.45, 2.75) is 0 Å². The quantitative estimate of drug-likeness (QED) is 0.797. The zero-order valence-corrected chi connectivity index (χ0v) is 10.3. The van der Waals surface area contributed by atoms with Crippen LogP contribution in [0.25, 0.3) is 11.3 Å². The van der Waals surface area contributed by atoms with Gasteiger partial charge in [-0.3, -0.25) is 0 Å². The van der Waals surface area contributed by atoms with Gasteiger partial charge in [0.25, 0.3) is 0 Å². The van der Waals surface area contributed by atoms with Crippen molar-refractivity contribution < 1.29 is 14.6 Å². The average Bonchev–Trinajstić information content (AvgIpc) is 2.71. The number of methoxy groups -OCH3 is 1. The van der Waals surface area contributed by atoms with Crippen LogP contribution < -0.4 is 10.5 Å². The minimum Gasteiger partial charge on any atom is -0.496 e. The van der Waals surface area contributed by atoms with Crippen LogP contribution in [0.4, 0.5) is 5.69 Å². The van der Waals surface area contributed by atoms with Gasteiger partial charge in [-0.2, -0.15) is 0 Å². The molecule has 0 aliphatic rings. The number of anilines is 1. The zero-order valence-electron chi connectivity index (χ0n) is 9.53. The fraction of sp³-hybridized carbons (Fsp3) is 0.0833. The van der Waals surface area contributed by atoms with Crippen LogP contribution in [0.1, 0.15) is 10.4 Å². The monoisotopic (exact) mass is 266 g/mol. The number of carboxylic acid groups (broad SMARTS) is 1. The molecule has 0 radical (unpaired) electrons. The number of nitrogens with two attached hydrogens (primary N) is 1. The van der Waals surface area contributed by atoms with Crippen LogP contribution in [-0.4, -0.2) is 23.2 Å². The van der Waals surface area contributed by atoms with Crippen LogP contribution in [0.2, 0.25) is 5.02 Å². The fourth-order valence-corrected chi connectivity index (χ4v) is 1.93. The number of carbonyl (C=O) groups is 1. The standard InChI is InChI=1S/C12H11ClN2O3/c1-18-9-3-2-6(13)4-7(9)11-10(12(16)17)8(14)5-15-11/h2-5,15H,14H2,1H3,(H,16,17). The van der Waals surface area contributed by atoms with Gasteiger partial charge in [-0.05, 0) is 18.2 Å². The molecule has 94 valence electrons. The van der Waals surface area contributed by atoms with Gasteiger partial charge >= 0.3 is 5.97 Å². The summed E-state index contributed by atoms with van der Waals surface area (Å²) in [6, 6.07) is 4.95. The number of carboxylic acids is 1. The fourth-order valence-electron chi connectivity index (χ4n) is 1.76. The second-order valence-electron chi connectivity index (χ2n) is 3.64. The normalized spacial score (nSPS) is 10.3. The topological polar surface area (TPSA) is 88.3 Å². The maximum absolute atomic E-state index is 11.2. The van der Waals surface area contributed by atoms with Crippen molar-refractivity contribution in [2.24, 2.45) is 0 Å². The highest BCUT2D eigenvalue weighted by atomic mass is 35.5. The highest BCUT2D eigenvalue weighted by Crippen LogP contribution is 2.35. The number of rotatable bonds is 3. The Labute approximate surface area is 108 Å². The van der Waals surface area contributed by atoms with E-state index in [9.17, 15) is 4.79 Å². The Morgan fingerprint density at radius 1 is 1.50 bits per heavy atom. The van der Waals surface area contributed by atoms with E-state index in [0.29, 0.717) is 22.0 Å². The van der Waals surface area contributed by atoms with Crippen LogP contribution in [-0.2, 0) is 0 Å². The third-order valence-electron chi connectivity index (χ3n) is 2.56. The van der Waals surface area contributed by atoms with Gasteiger partial charge in [0.15, 0.2) is 0 Å². The van der Waals surface area contributed by atoms with E-state index in [4.69, 9.17) is 27.2 Å². The summed E-state index contributed by atoms with van der Waals surface area (Å²) < 4.78 is 5.19. The summed E-state index contributed by atoms with van der Waals surface area (Å²) in [5.41, 5.74) is 6.73. The molecule has 0 fully saturated rings. The van der Waals surface area contributed by atoms with E-state index in [2.05, 4.69) is 4.98 Å². The van der Waals surface area contributed by atoms with Gasteiger partial charge < -0.3 is 20.6 Å². The number of hydrogen-bond donors (Lipinski definition) is 3. The van der Waals surface area contributed by atoms with Crippen LogP contribution >= 0.6 is 11.6 Å². The average molecular weight is 267 g/mol. The van der Waals surface area contributed by atoms with Crippen molar-refractivity contribution in [3.63, 3.8) is 0 Å². The Kier molecular flexibility index (Phi) is 3.16. The molecular weight excluding hydrogens is 256 g/mol. The molecule has 18 heavy (non-hydrogen) atoms. The van der Waals surface area contributed by atoms with Gasteiger partial charge in [-0.25, -0.2) is 4.79 Å². The van der Waals surface area contributed by atoms with Crippen molar-refractivity contribution in [1.29, 1.82) is 0 Å². The maximum Gasteiger partial charge on any atom is 0.340 e. The molecule has 0 unspecified atom stereocenters. The van der Waals surface area contributed by atoms with Gasteiger partial charge in [0.2, 0.25) is 0 Å². The minimum atomic E-state index is -1.11. The molecule has 0 atom stereocenters. The van der Waals surface area contributed by atoms with Crippen molar-refractivity contribution >= 4 is 23.3 Å². The van der Waals surface area contributed by atoms with E-state index in [1.54, 1.807) is 18.2 Å². The van der Waals surface area contributed by atoms with Gasteiger partial charge in [0.05, 0.1) is 18.5 Å². The van der Waals surface area contributed by atoms with Crippen molar-refractivity contribution in [1.82, 2.24) is 4.98 Å². The summed E-state index contributed by atoms with van der Waals surface area (Å²) >= 11 is 5.91. The lowest BCUT2D eigenvalue weighted by atomic mass is 10.1. The summed E-state index contributed by atoms with van der Waals surface area (Å²) in [7, 11) is 1.50. The Balaban J connectivity index is 2.69. The number of hydrogen-bond acceptors (Lipinski definition) is 3. The van der Waals surface area contributed by atoms with E-state index in [-0.39, 0.29) is 11.3 Å². The lowest BCUT2D eigenvalue weighted by Crippen LogP contribution is -2.01. The SMILES string of the molecule is COc1ccc(Cl)cc1-c1[nH]cc(N)c1C(=O)O. The van der Waals surface area contributed by atoms with E-state index in [1.165, 1.54) is 13.3 Å². The Morgan fingerprint density at radius 3 is 2.83 bits per heavy atom. The second-order valence-corrected chi connectivity index (χ2v) is 4.08. The summed E-state index contributed by atoms with van der Waals surface area (Å²) in [4.78, 5) is 14.0. The highest BCUT2D eigenvalue weighted by molar-refractivity contribution is 6.31. The van der Waals surface area contributed by atoms with Crippen molar-refractivity contribution in [2.75, 3.05) is 12.8 Å². The molecule has 4 N–H and O–H groups in total. The van der Waals surface area contributed by atoms with Crippen molar-refractivity contribution in [3.8, 4) is 17.0 Å². The number of halogens is 1.